The summed E-state index contributed by atoms with van der Waals surface area (Å²) in [5.41, 5.74) is 2.27. The first-order valence-electron chi connectivity index (χ1n) is 12.3. The average Bonchev–Trinajstić information content (AvgIpc) is 3.53. The maximum absolute atomic E-state index is 13.2. The molecule has 202 valence electrons. The van der Waals surface area contributed by atoms with E-state index in [1.807, 2.05) is 49.4 Å². The lowest BCUT2D eigenvalue weighted by atomic mass is 10.0. The van der Waals surface area contributed by atoms with Gasteiger partial charge >= 0.3 is 12.0 Å². The van der Waals surface area contributed by atoms with E-state index in [0.29, 0.717) is 17.0 Å². The number of carbonyl (C=O) groups is 4. The van der Waals surface area contributed by atoms with Crippen LogP contribution in [0.3, 0.4) is 0 Å². The molecule has 0 radical (unpaired) electrons. The van der Waals surface area contributed by atoms with Crippen molar-refractivity contribution in [1.29, 1.82) is 0 Å². The summed E-state index contributed by atoms with van der Waals surface area (Å²) in [7, 11) is 1.22. The van der Waals surface area contributed by atoms with Crippen LogP contribution in [-0.2, 0) is 20.9 Å². The van der Waals surface area contributed by atoms with Crippen molar-refractivity contribution >= 4 is 46.4 Å². The van der Waals surface area contributed by atoms with E-state index in [1.165, 1.54) is 25.3 Å². The lowest BCUT2D eigenvalue weighted by Crippen LogP contribution is -2.30. The third-order valence-corrected chi connectivity index (χ3v) is 6.24. The summed E-state index contributed by atoms with van der Waals surface area (Å²) in [6.07, 6.45) is 1.53. The van der Waals surface area contributed by atoms with Gasteiger partial charge in [-0.05, 0) is 54.1 Å². The number of urea groups is 1. The van der Waals surface area contributed by atoms with Crippen LogP contribution in [0.5, 0.6) is 5.75 Å². The molecule has 3 aromatic carbocycles. The van der Waals surface area contributed by atoms with Gasteiger partial charge < -0.3 is 24.5 Å². The molecule has 0 bridgehead atoms. The molecule has 4 aromatic rings. The number of hydrogen-bond acceptors (Lipinski definition) is 7. The average molecular weight is 540 g/mol. The van der Waals surface area contributed by atoms with Gasteiger partial charge in [0.25, 0.3) is 11.8 Å². The Labute approximate surface area is 229 Å². The van der Waals surface area contributed by atoms with Crippen LogP contribution in [-0.4, -0.2) is 42.4 Å². The number of ether oxygens (including phenoxy) is 2. The Morgan fingerprint density at radius 2 is 1.77 bits per heavy atom. The standard InChI is InChI=1S/C30H25N3O7/c1-18-7-10-20(11-8-18)31-27(34)17-39-25-13-9-19-5-3-4-6-22(19)23(25)15-24-28(35)33(30(37)32-24)16-21-12-14-26(40-21)29(36)38-2/h3-15H,16-17H2,1-2H3,(H,31,34)(H,32,37)/b24-15-. The first-order chi connectivity index (χ1) is 19.3. The van der Waals surface area contributed by atoms with Crippen LogP contribution >= 0.6 is 0 Å². The summed E-state index contributed by atoms with van der Waals surface area (Å²) in [5, 5.41) is 7.02. The topological polar surface area (TPSA) is 127 Å². The lowest BCUT2D eigenvalue weighted by Gasteiger charge is -2.13. The number of fused-ring (bicyclic) bond motifs is 1. The number of esters is 1. The van der Waals surface area contributed by atoms with Crippen LogP contribution in [0.1, 0.15) is 27.4 Å². The first kappa shape index (κ1) is 26.2. The number of anilines is 1. The van der Waals surface area contributed by atoms with E-state index in [2.05, 4.69) is 15.4 Å². The van der Waals surface area contributed by atoms with Gasteiger partial charge in [0.05, 0.1) is 13.7 Å². The summed E-state index contributed by atoms with van der Waals surface area (Å²) < 4.78 is 15.9. The molecule has 10 nitrogen and oxygen atoms in total. The minimum atomic E-state index is -0.667. The molecule has 1 aliphatic rings. The highest BCUT2D eigenvalue weighted by Gasteiger charge is 2.34. The molecule has 1 saturated heterocycles. The highest BCUT2D eigenvalue weighted by atomic mass is 16.5. The van der Waals surface area contributed by atoms with E-state index in [1.54, 1.807) is 18.2 Å². The number of amides is 4. The second-order valence-electron chi connectivity index (χ2n) is 9.04. The van der Waals surface area contributed by atoms with Crippen LogP contribution in [0.2, 0.25) is 0 Å². The van der Waals surface area contributed by atoms with E-state index in [9.17, 15) is 19.2 Å². The SMILES string of the molecule is COC(=O)c1ccc(CN2C(=O)N/C(=C\c3c(OCC(=O)Nc4ccc(C)cc4)ccc4ccccc34)C2=O)o1. The van der Waals surface area contributed by atoms with Crippen molar-refractivity contribution in [1.82, 2.24) is 10.2 Å². The predicted octanol–water partition coefficient (Wildman–Crippen LogP) is 4.64. The van der Waals surface area contributed by atoms with Gasteiger partial charge in [0, 0.05) is 11.3 Å². The number of hydrogen-bond donors (Lipinski definition) is 2. The van der Waals surface area contributed by atoms with E-state index in [-0.39, 0.29) is 36.3 Å². The molecule has 0 unspecified atom stereocenters. The monoisotopic (exact) mass is 539 g/mol. The number of methoxy groups -OCH3 is 1. The zero-order valence-electron chi connectivity index (χ0n) is 21.7. The second-order valence-corrected chi connectivity index (χ2v) is 9.04. The molecule has 1 aromatic heterocycles. The molecule has 2 N–H and O–H groups in total. The van der Waals surface area contributed by atoms with Gasteiger partial charge in [-0.3, -0.25) is 14.5 Å². The molecule has 4 amide bonds. The Morgan fingerprint density at radius 3 is 2.55 bits per heavy atom. The van der Waals surface area contributed by atoms with Crippen LogP contribution in [0.25, 0.3) is 16.8 Å². The molecule has 0 atom stereocenters. The zero-order valence-corrected chi connectivity index (χ0v) is 21.7. The minimum Gasteiger partial charge on any atom is -0.483 e. The Hall–Kier alpha value is -5.38. The van der Waals surface area contributed by atoms with Crippen molar-refractivity contribution in [2.24, 2.45) is 0 Å². The van der Waals surface area contributed by atoms with Gasteiger partial charge in [-0.15, -0.1) is 0 Å². The predicted molar refractivity (Wildman–Crippen MR) is 146 cm³/mol. The van der Waals surface area contributed by atoms with Gasteiger partial charge in [0.1, 0.15) is 17.2 Å². The number of imide groups is 1. The van der Waals surface area contributed by atoms with Crippen molar-refractivity contribution in [3.05, 3.63) is 101 Å². The summed E-state index contributed by atoms with van der Waals surface area (Å²) in [4.78, 5) is 51.1. The molecule has 1 aliphatic heterocycles. The summed E-state index contributed by atoms with van der Waals surface area (Å²) in [6, 6.07) is 20.7. The molecular weight excluding hydrogens is 514 g/mol. The Morgan fingerprint density at radius 1 is 1.00 bits per heavy atom. The van der Waals surface area contributed by atoms with E-state index < -0.39 is 17.9 Å². The molecular formula is C30H25N3O7. The van der Waals surface area contributed by atoms with Crippen LogP contribution in [0.4, 0.5) is 10.5 Å². The van der Waals surface area contributed by atoms with Crippen LogP contribution in [0, 0.1) is 6.92 Å². The van der Waals surface area contributed by atoms with Crippen molar-refractivity contribution < 1.29 is 33.1 Å². The van der Waals surface area contributed by atoms with Crippen molar-refractivity contribution in [3.8, 4) is 5.75 Å². The maximum Gasteiger partial charge on any atom is 0.373 e. The first-order valence-corrected chi connectivity index (χ1v) is 12.3. The van der Waals surface area contributed by atoms with Gasteiger partial charge in [-0.25, -0.2) is 9.59 Å². The van der Waals surface area contributed by atoms with Gasteiger partial charge in [-0.1, -0.05) is 48.0 Å². The number of nitrogens with zero attached hydrogens (tertiary/aromatic N) is 1. The zero-order chi connectivity index (χ0) is 28.2. The Balaban J connectivity index is 1.38. The number of nitrogens with one attached hydrogen (secondary N) is 2. The van der Waals surface area contributed by atoms with Crippen molar-refractivity contribution in [2.75, 3.05) is 19.0 Å². The Bertz CT molecular complexity index is 1650. The lowest BCUT2D eigenvalue weighted by molar-refractivity contribution is -0.123. The van der Waals surface area contributed by atoms with Crippen molar-refractivity contribution in [3.63, 3.8) is 0 Å². The fraction of sp³-hybridized carbons (Fsp3) is 0.133. The highest BCUT2D eigenvalue weighted by Crippen LogP contribution is 2.31. The molecule has 0 saturated carbocycles. The summed E-state index contributed by atoms with van der Waals surface area (Å²) >= 11 is 0. The molecule has 10 heteroatoms. The molecule has 5 rings (SSSR count). The molecule has 2 heterocycles. The third kappa shape index (κ3) is 5.56. The fourth-order valence-electron chi connectivity index (χ4n) is 4.22. The van der Waals surface area contributed by atoms with Gasteiger partial charge in [-0.2, -0.15) is 0 Å². The van der Waals surface area contributed by atoms with E-state index in [0.717, 1.165) is 21.2 Å². The maximum atomic E-state index is 13.2. The number of benzene rings is 3. The summed E-state index contributed by atoms with van der Waals surface area (Å²) in [5.74, 6) is -1.04. The summed E-state index contributed by atoms with van der Waals surface area (Å²) in [6.45, 7) is 1.51. The van der Waals surface area contributed by atoms with Crippen molar-refractivity contribution in [2.45, 2.75) is 13.5 Å². The number of furan rings is 1. The quantitative estimate of drug-likeness (QED) is 0.190. The molecule has 0 spiro atoms. The minimum absolute atomic E-state index is 0.0232. The van der Waals surface area contributed by atoms with E-state index in [4.69, 9.17) is 9.15 Å². The largest absolute Gasteiger partial charge is 0.483 e. The van der Waals surface area contributed by atoms with Crippen LogP contribution in [0.15, 0.2) is 82.9 Å². The third-order valence-electron chi connectivity index (χ3n) is 6.24. The van der Waals surface area contributed by atoms with Gasteiger partial charge in [0.2, 0.25) is 5.76 Å². The van der Waals surface area contributed by atoms with Crippen LogP contribution < -0.4 is 15.4 Å². The number of aryl methyl sites for hydroxylation is 1. The number of rotatable bonds is 8. The second kappa shape index (κ2) is 11.2. The smallest absolute Gasteiger partial charge is 0.373 e. The Kier molecular flexibility index (Phi) is 7.32. The fourth-order valence-corrected chi connectivity index (χ4v) is 4.22. The molecule has 40 heavy (non-hydrogen) atoms. The molecule has 0 aliphatic carbocycles. The number of carbonyl (C=O) groups excluding carboxylic acids is 4. The van der Waals surface area contributed by atoms with E-state index >= 15 is 0 Å². The highest BCUT2D eigenvalue weighted by molar-refractivity contribution is 6.14. The molecule has 1 fully saturated rings. The normalized spacial score (nSPS) is 13.9. The van der Waals surface area contributed by atoms with Gasteiger partial charge in [0.15, 0.2) is 6.61 Å².